The van der Waals surface area contributed by atoms with Crippen LogP contribution in [0.1, 0.15) is 49.6 Å². The van der Waals surface area contributed by atoms with Gasteiger partial charge in [0.1, 0.15) is 5.75 Å². The minimum atomic E-state index is 0.0678. The monoisotopic (exact) mass is 321 g/mol. The van der Waals surface area contributed by atoms with Crippen molar-refractivity contribution in [2.75, 3.05) is 13.2 Å². The van der Waals surface area contributed by atoms with Crippen LogP contribution in [-0.4, -0.2) is 22.9 Å². The Bertz CT molecular complexity index is 637. The van der Waals surface area contributed by atoms with E-state index >= 15 is 0 Å². The van der Waals surface area contributed by atoms with Gasteiger partial charge < -0.3 is 10.5 Å². The van der Waals surface area contributed by atoms with E-state index in [1.807, 2.05) is 36.9 Å². The van der Waals surface area contributed by atoms with Crippen molar-refractivity contribution in [3.8, 4) is 5.75 Å². The highest BCUT2D eigenvalue weighted by Gasteiger charge is 2.19. The van der Waals surface area contributed by atoms with E-state index in [4.69, 9.17) is 22.1 Å². The first-order valence-electron chi connectivity index (χ1n) is 7.64. The zero-order valence-corrected chi connectivity index (χ0v) is 14.4. The summed E-state index contributed by atoms with van der Waals surface area (Å²) in [6.45, 7) is 7.31. The predicted octanol–water partition coefficient (Wildman–Crippen LogP) is 3.69. The minimum Gasteiger partial charge on any atom is -0.492 e. The Labute approximate surface area is 137 Å². The lowest BCUT2D eigenvalue weighted by Gasteiger charge is -2.17. The first-order valence-corrected chi connectivity index (χ1v) is 8.01. The van der Waals surface area contributed by atoms with E-state index in [2.05, 4.69) is 25.0 Å². The normalized spacial score (nSPS) is 12.7. The maximum atomic E-state index is 6.30. The van der Waals surface area contributed by atoms with E-state index in [0.717, 1.165) is 17.0 Å². The van der Waals surface area contributed by atoms with Gasteiger partial charge in [0.2, 0.25) is 0 Å². The molecule has 120 valence electrons. The van der Waals surface area contributed by atoms with E-state index in [0.29, 0.717) is 29.8 Å². The van der Waals surface area contributed by atoms with Gasteiger partial charge in [-0.1, -0.05) is 31.5 Å². The first-order chi connectivity index (χ1) is 10.5. The van der Waals surface area contributed by atoms with Gasteiger partial charge in [-0.15, -0.1) is 0 Å². The van der Waals surface area contributed by atoms with Crippen LogP contribution in [-0.2, 0) is 7.05 Å². The number of aromatic nitrogens is 2. The average molecular weight is 322 g/mol. The molecule has 2 aromatic rings. The van der Waals surface area contributed by atoms with Crippen LogP contribution in [0.15, 0.2) is 24.3 Å². The molecule has 4 nitrogen and oxygen atoms in total. The van der Waals surface area contributed by atoms with E-state index in [9.17, 15) is 0 Å². The Kier molecular flexibility index (Phi) is 5.48. The number of nitrogens with two attached hydrogens (primary N) is 1. The van der Waals surface area contributed by atoms with Crippen molar-refractivity contribution < 1.29 is 4.74 Å². The van der Waals surface area contributed by atoms with Gasteiger partial charge in [0.05, 0.1) is 17.3 Å². The molecule has 1 atom stereocenters. The number of benzene rings is 1. The average Bonchev–Trinajstić information content (AvgIpc) is 2.85. The summed E-state index contributed by atoms with van der Waals surface area (Å²) in [6.07, 6.45) is 0. The van der Waals surface area contributed by atoms with Crippen LogP contribution < -0.4 is 10.5 Å². The maximum absolute atomic E-state index is 6.30. The quantitative estimate of drug-likeness (QED) is 0.883. The molecule has 0 amide bonds. The molecule has 22 heavy (non-hydrogen) atoms. The van der Waals surface area contributed by atoms with Gasteiger partial charge in [0.25, 0.3) is 0 Å². The molecule has 1 unspecified atom stereocenters. The van der Waals surface area contributed by atoms with Crippen molar-refractivity contribution in [2.45, 2.75) is 32.6 Å². The van der Waals surface area contributed by atoms with Crippen LogP contribution in [0.4, 0.5) is 0 Å². The van der Waals surface area contributed by atoms with E-state index in [-0.39, 0.29) is 5.92 Å². The third kappa shape index (κ3) is 3.45. The third-order valence-electron chi connectivity index (χ3n) is 3.78. The molecule has 0 fully saturated rings. The summed E-state index contributed by atoms with van der Waals surface area (Å²) in [5.74, 6) is 1.16. The third-order valence-corrected chi connectivity index (χ3v) is 4.07. The van der Waals surface area contributed by atoms with Gasteiger partial charge in [-0.2, -0.15) is 5.10 Å². The molecular weight excluding hydrogens is 298 g/mol. The minimum absolute atomic E-state index is 0.0678. The Morgan fingerprint density at radius 2 is 2.05 bits per heavy atom. The van der Waals surface area contributed by atoms with Crippen LogP contribution in [0.25, 0.3) is 0 Å². The Morgan fingerprint density at radius 1 is 1.32 bits per heavy atom. The fourth-order valence-corrected chi connectivity index (χ4v) is 2.79. The van der Waals surface area contributed by atoms with Crippen LogP contribution in [0.2, 0.25) is 5.02 Å². The zero-order valence-electron chi connectivity index (χ0n) is 13.6. The fraction of sp³-hybridized carbons (Fsp3) is 0.471. The van der Waals surface area contributed by atoms with Crippen molar-refractivity contribution in [1.29, 1.82) is 0 Å². The van der Waals surface area contributed by atoms with Gasteiger partial charge in [-0.05, 0) is 36.6 Å². The SMILES string of the molecule is CCOc1ccc(C(CN)c2cc(C(C)C)nn2C)cc1Cl. The van der Waals surface area contributed by atoms with E-state index in [1.54, 1.807) is 0 Å². The number of nitrogens with zero attached hydrogens (tertiary/aromatic N) is 2. The van der Waals surface area contributed by atoms with Crippen molar-refractivity contribution in [3.63, 3.8) is 0 Å². The highest BCUT2D eigenvalue weighted by Crippen LogP contribution is 2.32. The maximum Gasteiger partial charge on any atom is 0.137 e. The van der Waals surface area contributed by atoms with Gasteiger partial charge in [-0.3, -0.25) is 4.68 Å². The molecule has 1 aromatic carbocycles. The Hall–Kier alpha value is -1.52. The van der Waals surface area contributed by atoms with Crippen LogP contribution in [0.5, 0.6) is 5.75 Å². The molecule has 0 saturated carbocycles. The molecule has 0 radical (unpaired) electrons. The fourth-order valence-electron chi connectivity index (χ4n) is 2.55. The number of rotatable bonds is 6. The van der Waals surface area contributed by atoms with Gasteiger partial charge in [0, 0.05) is 25.2 Å². The lowest BCUT2D eigenvalue weighted by atomic mass is 9.94. The first kappa shape index (κ1) is 16.8. The molecule has 5 heteroatoms. The van der Waals surface area contributed by atoms with E-state index < -0.39 is 0 Å². The second kappa shape index (κ2) is 7.16. The molecule has 2 rings (SSSR count). The van der Waals surface area contributed by atoms with Gasteiger partial charge in [0.15, 0.2) is 0 Å². The van der Waals surface area contributed by atoms with Gasteiger partial charge in [-0.25, -0.2) is 0 Å². The second-order valence-corrected chi connectivity index (χ2v) is 6.09. The summed E-state index contributed by atoms with van der Waals surface area (Å²) >= 11 is 6.30. The smallest absolute Gasteiger partial charge is 0.137 e. The number of hydrogen-bond donors (Lipinski definition) is 1. The highest BCUT2D eigenvalue weighted by atomic mass is 35.5. The predicted molar refractivity (Wildman–Crippen MR) is 90.8 cm³/mol. The van der Waals surface area contributed by atoms with Gasteiger partial charge >= 0.3 is 0 Å². The number of aryl methyl sites for hydroxylation is 1. The summed E-state index contributed by atoms with van der Waals surface area (Å²) in [6, 6.07) is 8.00. The van der Waals surface area contributed by atoms with Crippen molar-refractivity contribution in [2.24, 2.45) is 12.8 Å². The molecule has 0 saturated heterocycles. The number of halogens is 1. The van der Waals surface area contributed by atoms with Crippen molar-refractivity contribution in [3.05, 3.63) is 46.2 Å². The molecular formula is C17H24ClN3O. The van der Waals surface area contributed by atoms with Crippen LogP contribution >= 0.6 is 11.6 Å². The molecule has 0 aliphatic rings. The summed E-state index contributed by atoms with van der Waals surface area (Å²) in [7, 11) is 1.96. The molecule has 2 N–H and O–H groups in total. The largest absolute Gasteiger partial charge is 0.492 e. The van der Waals surface area contributed by atoms with Crippen LogP contribution in [0.3, 0.4) is 0 Å². The zero-order chi connectivity index (χ0) is 16.3. The van der Waals surface area contributed by atoms with Crippen molar-refractivity contribution in [1.82, 2.24) is 9.78 Å². The summed E-state index contributed by atoms with van der Waals surface area (Å²) in [5.41, 5.74) is 9.28. The second-order valence-electron chi connectivity index (χ2n) is 5.68. The van der Waals surface area contributed by atoms with E-state index in [1.165, 1.54) is 0 Å². The van der Waals surface area contributed by atoms with Crippen molar-refractivity contribution >= 4 is 11.6 Å². The molecule has 0 aliphatic heterocycles. The molecule has 1 heterocycles. The summed E-state index contributed by atoms with van der Waals surface area (Å²) in [4.78, 5) is 0. The highest BCUT2D eigenvalue weighted by molar-refractivity contribution is 6.32. The number of hydrogen-bond acceptors (Lipinski definition) is 3. The van der Waals surface area contributed by atoms with Crippen LogP contribution in [0, 0.1) is 0 Å². The molecule has 0 aliphatic carbocycles. The molecule has 0 spiro atoms. The Balaban J connectivity index is 2.38. The molecule has 1 aromatic heterocycles. The summed E-state index contributed by atoms with van der Waals surface area (Å²) in [5, 5.41) is 5.19. The lowest BCUT2D eigenvalue weighted by Crippen LogP contribution is -2.17. The number of ether oxygens (including phenoxy) is 1. The lowest BCUT2D eigenvalue weighted by molar-refractivity contribution is 0.340. The molecule has 0 bridgehead atoms. The summed E-state index contributed by atoms with van der Waals surface area (Å²) < 4.78 is 7.40. The standard InChI is InChI=1S/C17H24ClN3O/c1-5-22-17-7-6-12(8-14(17)18)13(10-19)16-9-15(11(2)3)20-21(16)4/h6-9,11,13H,5,10,19H2,1-4H3. The topological polar surface area (TPSA) is 53.1 Å². The Morgan fingerprint density at radius 3 is 2.55 bits per heavy atom.